The fourth-order valence-corrected chi connectivity index (χ4v) is 3.51. The lowest BCUT2D eigenvalue weighted by Crippen LogP contribution is -2.18. The predicted molar refractivity (Wildman–Crippen MR) is 110 cm³/mol. The highest BCUT2D eigenvalue weighted by molar-refractivity contribution is 7.92. The molecule has 0 atom stereocenters. The average molecular weight is 418 g/mol. The molecule has 0 spiro atoms. The van der Waals surface area contributed by atoms with Crippen molar-refractivity contribution in [3.63, 3.8) is 0 Å². The predicted octanol–water partition coefficient (Wildman–Crippen LogP) is 1.81. The molecule has 0 bridgehead atoms. The number of nitriles is 1. The number of aromatic nitrogens is 1. The number of hydrogen-bond acceptors (Lipinski definition) is 6. The number of carbonyl (C=O) groups is 1. The van der Waals surface area contributed by atoms with Gasteiger partial charge in [-0.2, -0.15) is 5.26 Å². The number of pyridine rings is 1. The summed E-state index contributed by atoms with van der Waals surface area (Å²) in [7, 11) is -2.11. The summed E-state index contributed by atoms with van der Waals surface area (Å²) < 4.78 is 30.5. The van der Waals surface area contributed by atoms with Crippen LogP contribution in [0.3, 0.4) is 0 Å². The normalized spacial score (nSPS) is 10.9. The maximum Gasteiger partial charge on any atom is 0.266 e. The Kier molecular flexibility index (Phi) is 6.66. The van der Waals surface area contributed by atoms with Gasteiger partial charge in [0.25, 0.3) is 5.56 Å². The van der Waals surface area contributed by atoms with E-state index in [4.69, 9.17) is 10.00 Å². The lowest BCUT2D eigenvalue weighted by molar-refractivity contribution is -0.116. The number of nitrogens with one attached hydrogen (secondary N) is 3. The van der Waals surface area contributed by atoms with Crippen molar-refractivity contribution in [1.29, 1.82) is 5.26 Å². The second kappa shape index (κ2) is 8.79. The van der Waals surface area contributed by atoms with Gasteiger partial charge in [-0.25, -0.2) is 8.42 Å². The molecule has 0 aliphatic rings. The van der Waals surface area contributed by atoms with Gasteiger partial charge in [0.15, 0.2) is 0 Å². The van der Waals surface area contributed by atoms with Crippen LogP contribution < -0.4 is 20.3 Å². The van der Waals surface area contributed by atoms with Crippen LogP contribution in [0.5, 0.6) is 5.75 Å². The van der Waals surface area contributed by atoms with Gasteiger partial charge < -0.3 is 15.0 Å². The molecular weight excluding hydrogens is 396 g/mol. The minimum absolute atomic E-state index is 0.0395. The minimum Gasteiger partial charge on any atom is -0.495 e. The third-order valence-electron chi connectivity index (χ3n) is 4.30. The number of ether oxygens (including phenoxy) is 1. The van der Waals surface area contributed by atoms with Crippen LogP contribution in [0.1, 0.15) is 28.8 Å². The van der Waals surface area contributed by atoms with Crippen molar-refractivity contribution in [3.8, 4) is 11.8 Å². The van der Waals surface area contributed by atoms with Gasteiger partial charge >= 0.3 is 0 Å². The Bertz CT molecular complexity index is 1150. The molecule has 2 rings (SSSR count). The number of sulfonamides is 1. The van der Waals surface area contributed by atoms with E-state index >= 15 is 0 Å². The first-order valence-electron chi connectivity index (χ1n) is 8.64. The van der Waals surface area contributed by atoms with E-state index in [0.717, 1.165) is 11.8 Å². The number of carbonyl (C=O) groups excluding carboxylic acids is 1. The number of H-pyrrole nitrogens is 1. The number of rotatable bonds is 7. The molecule has 1 heterocycles. The number of methoxy groups -OCH3 is 1. The minimum atomic E-state index is -3.52. The van der Waals surface area contributed by atoms with Gasteiger partial charge in [-0.05, 0) is 49.6 Å². The van der Waals surface area contributed by atoms with Crippen LogP contribution in [0.25, 0.3) is 0 Å². The highest BCUT2D eigenvalue weighted by Crippen LogP contribution is 2.28. The zero-order chi connectivity index (χ0) is 21.8. The summed E-state index contributed by atoms with van der Waals surface area (Å²) >= 11 is 0. The quantitative estimate of drug-likeness (QED) is 0.626. The molecule has 0 radical (unpaired) electrons. The van der Waals surface area contributed by atoms with Crippen molar-refractivity contribution in [2.24, 2.45) is 0 Å². The molecule has 0 unspecified atom stereocenters. The molecule has 2 aromatic rings. The molecular formula is C19H22N4O5S. The first-order valence-corrected chi connectivity index (χ1v) is 10.5. The van der Waals surface area contributed by atoms with E-state index in [0.29, 0.717) is 29.1 Å². The molecule has 1 aromatic heterocycles. The number of anilines is 2. The fourth-order valence-electron chi connectivity index (χ4n) is 2.95. The number of amides is 1. The monoisotopic (exact) mass is 418 g/mol. The van der Waals surface area contributed by atoms with Crippen LogP contribution >= 0.6 is 0 Å². The topological polar surface area (TPSA) is 141 Å². The third kappa shape index (κ3) is 5.58. The Hall–Kier alpha value is -3.32. The van der Waals surface area contributed by atoms with Crippen LogP contribution in [0.4, 0.5) is 11.4 Å². The van der Waals surface area contributed by atoms with E-state index in [2.05, 4.69) is 15.0 Å². The summed E-state index contributed by atoms with van der Waals surface area (Å²) in [6.07, 6.45) is 1.46. The van der Waals surface area contributed by atoms with Crippen molar-refractivity contribution < 1.29 is 17.9 Å². The molecule has 0 saturated heterocycles. The van der Waals surface area contributed by atoms with Crippen LogP contribution in [-0.2, 0) is 21.2 Å². The molecule has 0 aliphatic carbocycles. The SMILES string of the molecule is COc1ccc(NC(=O)CCc2c(C)[nH]c(=O)c(C#N)c2C)cc1NS(C)(=O)=O. The molecule has 0 aliphatic heterocycles. The fraction of sp³-hybridized carbons (Fsp3) is 0.316. The molecule has 9 nitrogen and oxygen atoms in total. The van der Waals surface area contributed by atoms with Gasteiger partial charge in [-0.15, -0.1) is 0 Å². The molecule has 1 amide bonds. The lowest BCUT2D eigenvalue weighted by Gasteiger charge is -2.13. The Morgan fingerprint density at radius 3 is 2.59 bits per heavy atom. The standard InChI is InChI=1S/C19H22N4O5S/c1-11-14(12(2)21-19(25)15(11)10-20)6-8-18(24)22-13-5-7-17(28-3)16(9-13)23-29(4,26)27/h5,7,9,23H,6,8H2,1-4H3,(H,21,25)(H,22,24). The Labute approximate surface area is 168 Å². The molecule has 10 heteroatoms. The molecule has 29 heavy (non-hydrogen) atoms. The van der Waals surface area contributed by atoms with Crippen LogP contribution in [0.2, 0.25) is 0 Å². The van der Waals surface area contributed by atoms with E-state index in [-0.39, 0.29) is 23.6 Å². The summed E-state index contributed by atoms with van der Waals surface area (Å²) in [4.78, 5) is 26.8. The maximum absolute atomic E-state index is 12.4. The first kappa shape index (κ1) is 22.0. The number of benzene rings is 1. The molecule has 0 saturated carbocycles. The number of aryl methyl sites for hydroxylation is 1. The highest BCUT2D eigenvalue weighted by Gasteiger charge is 2.14. The van der Waals surface area contributed by atoms with E-state index in [9.17, 15) is 18.0 Å². The largest absolute Gasteiger partial charge is 0.495 e. The van der Waals surface area contributed by atoms with E-state index in [1.807, 2.05) is 6.07 Å². The molecule has 0 fully saturated rings. The van der Waals surface area contributed by atoms with Crippen molar-refractivity contribution in [2.45, 2.75) is 26.7 Å². The van der Waals surface area contributed by atoms with E-state index in [1.165, 1.54) is 13.2 Å². The van der Waals surface area contributed by atoms with Gasteiger partial charge in [0.05, 0.1) is 19.1 Å². The number of nitrogens with zero attached hydrogens (tertiary/aromatic N) is 1. The van der Waals surface area contributed by atoms with Gasteiger partial charge in [0, 0.05) is 17.8 Å². The average Bonchev–Trinajstić information content (AvgIpc) is 2.60. The van der Waals surface area contributed by atoms with Gasteiger partial charge in [-0.3, -0.25) is 14.3 Å². The summed E-state index contributed by atoms with van der Waals surface area (Å²) in [6.45, 7) is 3.40. The van der Waals surface area contributed by atoms with Crippen LogP contribution in [0.15, 0.2) is 23.0 Å². The highest BCUT2D eigenvalue weighted by atomic mass is 32.2. The van der Waals surface area contributed by atoms with E-state index < -0.39 is 15.6 Å². The van der Waals surface area contributed by atoms with Gasteiger partial charge in [-0.1, -0.05) is 0 Å². The summed E-state index contributed by atoms with van der Waals surface area (Å²) in [6, 6.07) is 6.47. The third-order valence-corrected chi connectivity index (χ3v) is 4.89. The van der Waals surface area contributed by atoms with Crippen molar-refractivity contribution >= 4 is 27.3 Å². The first-order chi connectivity index (χ1) is 13.6. The molecule has 1 aromatic carbocycles. The number of hydrogen-bond donors (Lipinski definition) is 3. The molecule has 3 N–H and O–H groups in total. The Balaban J connectivity index is 2.16. The molecule has 154 valence electrons. The van der Waals surface area contributed by atoms with Gasteiger partial charge in [0.2, 0.25) is 15.9 Å². The summed E-state index contributed by atoms with van der Waals surface area (Å²) in [5.41, 5.74) is 2.12. The zero-order valence-electron chi connectivity index (χ0n) is 16.5. The van der Waals surface area contributed by atoms with Crippen molar-refractivity contribution in [3.05, 3.63) is 50.9 Å². The second-order valence-corrected chi connectivity index (χ2v) is 8.26. The van der Waals surface area contributed by atoms with Crippen molar-refractivity contribution in [1.82, 2.24) is 4.98 Å². The van der Waals surface area contributed by atoms with Crippen LogP contribution in [-0.4, -0.2) is 32.7 Å². The van der Waals surface area contributed by atoms with Gasteiger partial charge in [0.1, 0.15) is 17.4 Å². The summed E-state index contributed by atoms with van der Waals surface area (Å²) in [5, 5.41) is 11.8. The smallest absolute Gasteiger partial charge is 0.266 e. The number of aromatic amines is 1. The Morgan fingerprint density at radius 2 is 2.00 bits per heavy atom. The van der Waals surface area contributed by atoms with Crippen LogP contribution in [0, 0.1) is 25.2 Å². The Morgan fingerprint density at radius 1 is 1.31 bits per heavy atom. The summed E-state index contributed by atoms with van der Waals surface area (Å²) in [5.74, 6) is 0.0147. The van der Waals surface area contributed by atoms with Crippen molar-refractivity contribution in [2.75, 3.05) is 23.4 Å². The second-order valence-electron chi connectivity index (χ2n) is 6.51. The lowest BCUT2D eigenvalue weighted by atomic mass is 9.99. The zero-order valence-corrected chi connectivity index (χ0v) is 17.4. The maximum atomic E-state index is 12.4. The van der Waals surface area contributed by atoms with E-state index in [1.54, 1.807) is 26.0 Å².